The van der Waals surface area contributed by atoms with E-state index in [1.165, 1.54) is 24.3 Å². The molecule has 0 spiro atoms. The summed E-state index contributed by atoms with van der Waals surface area (Å²) in [5.41, 5.74) is 0.580. The molecule has 3 aromatic rings. The molecule has 0 fully saturated rings. The summed E-state index contributed by atoms with van der Waals surface area (Å²) in [6.07, 6.45) is 0.141. The van der Waals surface area contributed by atoms with Gasteiger partial charge in [-0.05, 0) is 36.4 Å². The number of hydrogen-bond donors (Lipinski definition) is 0. The molecule has 7 heteroatoms. The van der Waals surface area contributed by atoms with Crippen molar-refractivity contribution in [2.75, 3.05) is 5.75 Å². The maximum atomic E-state index is 12.9. The molecule has 118 valence electrons. The average Bonchev–Trinajstić information content (AvgIpc) is 3.04. The Balaban J connectivity index is 1.71. The van der Waals surface area contributed by atoms with Crippen LogP contribution in [0.15, 0.2) is 64.0 Å². The molecule has 0 unspecified atom stereocenters. The van der Waals surface area contributed by atoms with Crippen molar-refractivity contribution in [1.82, 2.24) is 10.1 Å². The van der Waals surface area contributed by atoms with Crippen molar-refractivity contribution >= 4 is 9.84 Å². The molecule has 1 aromatic heterocycles. The highest BCUT2D eigenvalue weighted by molar-refractivity contribution is 7.91. The zero-order chi connectivity index (χ0) is 16.3. The summed E-state index contributed by atoms with van der Waals surface area (Å²) in [6.45, 7) is 0. The van der Waals surface area contributed by atoms with Crippen LogP contribution in [-0.2, 0) is 16.3 Å². The molecule has 0 amide bonds. The maximum Gasteiger partial charge on any atom is 0.257 e. The first-order valence-electron chi connectivity index (χ1n) is 6.91. The van der Waals surface area contributed by atoms with Gasteiger partial charge in [-0.25, -0.2) is 12.8 Å². The van der Waals surface area contributed by atoms with Gasteiger partial charge in [-0.3, -0.25) is 0 Å². The fourth-order valence-electron chi connectivity index (χ4n) is 2.04. The molecule has 0 aliphatic heterocycles. The molecule has 23 heavy (non-hydrogen) atoms. The number of benzene rings is 2. The van der Waals surface area contributed by atoms with E-state index in [-0.39, 0.29) is 28.8 Å². The van der Waals surface area contributed by atoms with Gasteiger partial charge in [0.2, 0.25) is 0 Å². The van der Waals surface area contributed by atoms with E-state index in [1.807, 2.05) is 0 Å². The van der Waals surface area contributed by atoms with Gasteiger partial charge in [-0.15, -0.1) is 0 Å². The quantitative estimate of drug-likeness (QED) is 0.718. The van der Waals surface area contributed by atoms with E-state index in [0.29, 0.717) is 11.4 Å². The molecule has 0 N–H and O–H groups in total. The van der Waals surface area contributed by atoms with Crippen molar-refractivity contribution in [1.29, 1.82) is 0 Å². The van der Waals surface area contributed by atoms with Crippen LogP contribution in [0.5, 0.6) is 0 Å². The molecule has 0 aliphatic rings. The van der Waals surface area contributed by atoms with E-state index in [1.54, 1.807) is 30.3 Å². The highest BCUT2D eigenvalue weighted by Gasteiger charge is 2.16. The fourth-order valence-corrected chi connectivity index (χ4v) is 3.30. The van der Waals surface area contributed by atoms with Crippen LogP contribution in [0, 0.1) is 5.82 Å². The van der Waals surface area contributed by atoms with E-state index >= 15 is 0 Å². The standard InChI is InChI=1S/C16H13FN2O3S/c17-13-8-6-12(7-9-13)16-18-15(19-22-16)10-11-23(20,21)14-4-2-1-3-5-14/h1-9H,10-11H2. The molecule has 5 nitrogen and oxygen atoms in total. The van der Waals surface area contributed by atoms with Crippen molar-refractivity contribution in [2.45, 2.75) is 11.3 Å². The van der Waals surface area contributed by atoms with Gasteiger partial charge in [0, 0.05) is 12.0 Å². The minimum absolute atomic E-state index is 0.112. The molecule has 0 aliphatic carbocycles. The Morgan fingerprint density at radius 3 is 2.39 bits per heavy atom. The lowest BCUT2D eigenvalue weighted by atomic mass is 10.2. The van der Waals surface area contributed by atoms with Crippen LogP contribution in [0.2, 0.25) is 0 Å². The molecule has 0 saturated carbocycles. The molecular weight excluding hydrogens is 319 g/mol. The molecule has 3 rings (SSSR count). The summed E-state index contributed by atoms with van der Waals surface area (Å²) < 4.78 is 42.4. The van der Waals surface area contributed by atoms with Gasteiger partial charge in [-0.2, -0.15) is 4.98 Å². The number of nitrogens with zero attached hydrogens (tertiary/aromatic N) is 2. The second kappa shape index (κ2) is 6.29. The highest BCUT2D eigenvalue weighted by atomic mass is 32.2. The van der Waals surface area contributed by atoms with E-state index < -0.39 is 9.84 Å². The van der Waals surface area contributed by atoms with Gasteiger partial charge in [0.25, 0.3) is 5.89 Å². The van der Waals surface area contributed by atoms with Crippen molar-refractivity contribution in [3.05, 3.63) is 66.2 Å². The summed E-state index contributed by atoms with van der Waals surface area (Å²) in [7, 11) is -3.39. The van der Waals surface area contributed by atoms with Crippen molar-refractivity contribution in [3.8, 4) is 11.5 Å². The second-order valence-corrected chi connectivity index (χ2v) is 7.01. The van der Waals surface area contributed by atoms with Crippen LogP contribution in [0.1, 0.15) is 5.82 Å². The van der Waals surface area contributed by atoms with Gasteiger partial charge in [-0.1, -0.05) is 23.4 Å². The van der Waals surface area contributed by atoms with E-state index in [9.17, 15) is 12.8 Å². The molecule has 0 atom stereocenters. The molecular formula is C16H13FN2O3S. The Hall–Kier alpha value is -2.54. The Bertz CT molecular complexity index is 891. The minimum atomic E-state index is -3.39. The summed E-state index contributed by atoms with van der Waals surface area (Å²) in [4.78, 5) is 4.41. The van der Waals surface area contributed by atoms with Gasteiger partial charge in [0.05, 0.1) is 10.6 Å². The number of aryl methyl sites for hydroxylation is 1. The first kappa shape index (κ1) is 15.4. The summed E-state index contributed by atoms with van der Waals surface area (Å²) in [6, 6.07) is 13.8. The summed E-state index contributed by atoms with van der Waals surface area (Å²) in [5.74, 6) is 0.0581. The zero-order valence-corrected chi connectivity index (χ0v) is 12.8. The average molecular weight is 332 g/mol. The van der Waals surface area contributed by atoms with Crippen molar-refractivity contribution in [2.24, 2.45) is 0 Å². The first-order valence-corrected chi connectivity index (χ1v) is 8.56. The summed E-state index contributed by atoms with van der Waals surface area (Å²) in [5, 5.41) is 3.77. The maximum absolute atomic E-state index is 12.9. The normalized spacial score (nSPS) is 11.5. The smallest absolute Gasteiger partial charge is 0.257 e. The zero-order valence-electron chi connectivity index (χ0n) is 12.0. The fraction of sp³-hybridized carbons (Fsp3) is 0.125. The molecule has 0 radical (unpaired) electrons. The van der Waals surface area contributed by atoms with Crippen LogP contribution < -0.4 is 0 Å². The Labute approximate surface area is 132 Å². The Morgan fingerprint density at radius 1 is 1.00 bits per heavy atom. The van der Waals surface area contributed by atoms with Crippen LogP contribution in [0.25, 0.3) is 11.5 Å². The SMILES string of the molecule is O=S(=O)(CCc1noc(-c2ccc(F)cc2)n1)c1ccccc1. The molecule has 0 saturated heterocycles. The number of hydrogen-bond acceptors (Lipinski definition) is 5. The largest absolute Gasteiger partial charge is 0.334 e. The number of rotatable bonds is 5. The Kier molecular flexibility index (Phi) is 4.20. The third-order valence-electron chi connectivity index (χ3n) is 3.26. The van der Waals surface area contributed by atoms with Crippen molar-refractivity contribution in [3.63, 3.8) is 0 Å². The molecule has 1 heterocycles. The van der Waals surface area contributed by atoms with Crippen LogP contribution in [0.3, 0.4) is 0 Å². The van der Waals surface area contributed by atoms with Crippen LogP contribution in [0.4, 0.5) is 4.39 Å². The Morgan fingerprint density at radius 2 is 1.70 bits per heavy atom. The van der Waals surface area contributed by atoms with Crippen molar-refractivity contribution < 1.29 is 17.3 Å². The minimum Gasteiger partial charge on any atom is -0.334 e. The van der Waals surface area contributed by atoms with Gasteiger partial charge >= 0.3 is 0 Å². The van der Waals surface area contributed by atoms with Gasteiger partial charge < -0.3 is 4.52 Å². The molecule has 0 bridgehead atoms. The van der Waals surface area contributed by atoms with Gasteiger partial charge in [0.15, 0.2) is 15.7 Å². The topological polar surface area (TPSA) is 73.1 Å². The van der Waals surface area contributed by atoms with Crippen LogP contribution >= 0.6 is 0 Å². The lowest BCUT2D eigenvalue weighted by molar-refractivity contribution is 0.423. The van der Waals surface area contributed by atoms with Crippen LogP contribution in [-0.4, -0.2) is 24.3 Å². The van der Waals surface area contributed by atoms with E-state index in [2.05, 4.69) is 10.1 Å². The number of sulfone groups is 1. The second-order valence-electron chi connectivity index (χ2n) is 4.90. The lowest BCUT2D eigenvalue weighted by Crippen LogP contribution is -2.09. The highest BCUT2D eigenvalue weighted by Crippen LogP contribution is 2.18. The number of aromatic nitrogens is 2. The predicted molar refractivity (Wildman–Crippen MR) is 81.9 cm³/mol. The third-order valence-corrected chi connectivity index (χ3v) is 4.99. The number of halogens is 1. The summed E-state index contributed by atoms with van der Waals surface area (Å²) >= 11 is 0. The molecule has 2 aromatic carbocycles. The van der Waals surface area contributed by atoms with Gasteiger partial charge in [0.1, 0.15) is 5.82 Å². The monoisotopic (exact) mass is 332 g/mol. The van der Waals surface area contributed by atoms with E-state index in [4.69, 9.17) is 4.52 Å². The van der Waals surface area contributed by atoms with E-state index in [0.717, 1.165) is 0 Å². The predicted octanol–water partition coefficient (Wildman–Crippen LogP) is 2.89. The third kappa shape index (κ3) is 3.62. The lowest BCUT2D eigenvalue weighted by Gasteiger charge is -2.01. The first-order chi connectivity index (χ1) is 11.0.